The Bertz CT molecular complexity index is 727. The van der Waals surface area contributed by atoms with Crippen LogP contribution in [0.1, 0.15) is 73.3 Å². The van der Waals surface area contributed by atoms with Gasteiger partial charge in [0.2, 0.25) is 0 Å². The molecule has 3 N–H and O–H groups in total. The molecule has 0 saturated heterocycles. The number of aromatic nitrogens is 1. The lowest BCUT2D eigenvalue weighted by Gasteiger charge is -2.15. The van der Waals surface area contributed by atoms with Crippen molar-refractivity contribution in [1.82, 2.24) is 4.57 Å². The predicted molar refractivity (Wildman–Crippen MR) is 95.5 cm³/mol. The molecule has 0 saturated carbocycles. The summed E-state index contributed by atoms with van der Waals surface area (Å²) in [6.45, 7) is 11.1. The van der Waals surface area contributed by atoms with Crippen LogP contribution in [0.25, 0.3) is 10.9 Å². The highest BCUT2D eigenvalue weighted by molar-refractivity contribution is 6.04. The van der Waals surface area contributed by atoms with E-state index in [0.717, 1.165) is 35.0 Å². The molecule has 2 rings (SSSR count). The Labute approximate surface area is 138 Å². The second kappa shape index (κ2) is 6.75. The molecular weight excluding hydrogens is 288 g/mol. The average molecular weight is 316 g/mol. The number of aromatic carboxylic acids is 1. The fourth-order valence-electron chi connectivity index (χ4n) is 3.39. The third-order valence-corrected chi connectivity index (χ3v) is 4.54. The Balaban J connectivity index is 2.89. The molecule has 4 heteroatoms. The number of rotatable bonds is 6. The van der Waals surface area contributed by atoms with Gasteiger partial charge in [-0.3, -0.25) is 0 Å². The monoisotopic (exact) mass is 316 g/mol. The standard InChI is InChI=1S/C19H28N2O2/c1-11(2)14-9-16-15(7-6-8-20)13(5)21(12(3)4)18(16)17(10-14)19(22)23/h9-12H,6-8,20H2,1-5H3,(H,22,23). The second-order valence-electron chi connectivity index (χ2n) is 6.84. The minimum absolute atomic E-state index is 0.215. The van der Waals surface area contributed by atoms with Gasteiger partial charge in [0.15, 0.2) is 0 Å². The Morgan fingerprint density at radius 1 is 1.26 bits per heavy atom. The molecule has 0 unspecified atom stereocenters. The van der Waals surface area contributed by atoms with Gasteiger partial charge in [0.25, 0.3) is 0 Å². The van der Waals surface area contributed by atoms with Gasteiger partial charge < -0.3 is 15.4 Å². The molecule has 0 aliphatic rings. The lowest BCUT2D eigenvalue weighted by molar-refractivity contribution is 0.0698. The lowest BCUT2D eigenvalue weighted by Crippen LogP contribution is -2.08. The van der Waals surface area contributed by atoms with Crippen molar-refractivity contribution in [2.45, 2.75) is 59.4 Å². The van der Waals surface area contributed by atoms with E-state index in [0.29, 0.717) is 18.0 Å². The lowest BCUT2D eigenvalue weighted by atomic mass is 9.95. The van der Waals surface area contributed by atoms with Crippen molar-refractivity contribution in [2.75, 3.05) is 6.54 Å². The Morgan fingerprint density at radius 2 is 1.91 bits per heavy atom. The van der Waals surface area contributed by atoms with E-state index in [1.807, 2.05) is 6.07 Å². The fourth-order valence-corrected chi connectivity index (χ4v) is 3.39. The first-order chi connectivity index (χ1) is 10.8. The predicted octanol–water partition coefficient (Wildman–Crippen LogP) is 4.24. The smallest absolute Gasteiger partial charge is 0.337 e. The summed E-state index contributed by atoms with van der Waals surface area (Å²) < 4.78 is 2.16. The van der Waals surface area contributed by atoms with Crippen LogP contribution in [0.15, 0.2) is 12.1 Å². The Morgan fingerprint density at radius 3 is 2.39 bits per heavy atom. The van der Waals surface area contributed by atoms with Gasteiger partial charge in [-0.25, -0.2) is 4.79 Å². The Kier molecular flexibility index (Phi) is 5.15. The van der Waals surface area contributed by atoms with Gasteiger partial charge in [0.1, 0.15) is 0 Å². The number of nitrogens with two attached hydrogens (primary N) is 1. The molecule has 126 valence electrons. The number of carboxylic acids is 1. The minimum Gasteiger partial charge on any atom is -0.478 e. The number of hydrogen-bond donors (Lipinski definition) is 2. The molecule has 1 heterocycles. The number of aryl methyl sites for hydroxylation is 1. The van der Waals surface area contributed by atoms with Crippen molar-refractivity contribution in [3.05, 3.63) is 34.5 Å². The maximum atomic E-state index is 11.9. The minimum atomic E-state index is -0.859. The van der Waals surface area contributed by atoms with Gasteiger partial charge in [0.05, 0.1) is 11.1 Å². The van der Waals surface area contributed by atoms with Crippen LogP contribution in [0.2, 0.25) is 0 Å². The Hall–Kier alpha value is -1.81. The van der Waals surface area contributed by atoms with E-state index in [1.165, 1.54) is 5.56 Å². The van der Waals surface area contributed by atoms with E-state index >= 15 is 0 Å². The number of carboxylic acid groups (broad SMARTS) is 1. The number of hydrogen-bond acceptors (Lipinski definition) is 2. The second-order valence-corrected chi connectivity index (χ2v) is 6.84. The molecule has 0 aliphatic heterocycles. The van der Waals surface area contributed by atoms with Crippen molar-refractivity contribution in [2.24, 2.45) is 5.73 Å². The average Bonchev–Trinajstić information content (AvgIpc) is 2.75. The molecule has 23 heavy (non-hydrogen) atoms. The van der Waals surface area contributed by atoms with Gasteiger partial charge in [0, 0.05) is 17.1 Å². The summed E-state index contributed by atoms with van der Waals surface area (Å²) in [7, 11) is 0. The molecule has 0 radical (unpaired) electrons. The van der Waals surface area contributed by atoms with Gasteiger partial charge in [-0.05, 0) is 69.3 Å². The highest BCUT2D eigenvalue weighted by atomic mass is 16.4. The molecule has 0 bridgehead atoms. The van der Waals surface area contributed by atoms with Gasteiger partial charge in [-0.1, -0.05) is 13.8 Å². The molecule has 4 nitrogen and oxygen atoms in total. The number of benzene rings is 1. The summed E-state index contributed by atoms with van der Waals surface area (Å²) in [4.78, 5) is 11.9. The highest BCUT2D eigenvalue weighted by Crippen LogP contribution is 2.35. The third-order valence-electron chi connectivity index (χ3n) is 4.54. The first-order valence-electron chi connectivity index (χ1n) is 8.40. The van der Waals surface area contributed by atoms with Crippen LogP contribution < -0.4 is 5.73 Å². The van der Waals surface area contributed by atoms with Gasteiger partial charge in [-0.15, -0.1) is 0 Å². The highest BCUT2D eigenvalue weighted by Gasteiger charge is 2.22. The number of fused-ring (bicyclic) bond motifs is 1. The SMILES string of the molecule is Cc1c(CCCN)c2cc(C(C)C)cc(C(=O)O)c2n1C(C)C. The molecule has 0 aliphatic carbocycles. The summed E-state index contributed by atoms with van der Waals surface area (Å²) in [6, 6.07) is 4.22. The van der Waals surface area contributed by atoms with Crippen molar-refractivity contribution < 1.29 is 9.90 Å². The zero-order valence-electron chi connectivity index (χ0n) is 14.8. The fraction of sp³-hybridized carbons (Fsp3) is 0.526. The maximum absolute atomic E-state index is 11.9. The van der Waals surface area contributed by atoms with Crippen LogP contribution in [0.5, 0.6) is 0 Å². The normalized spacial score (nSPS) is 11.8. The number of carbonyl (C=O) groups is 1. The maximum Gasteiger partial charge on any atom is 0.337 e. The van der Waals surface area contributed by atoms with Crippen LogP contribution in [-0.2, 0) is 6.42 Å². The van der Waals surface area contributed by atoms with Gasteiger partial charge >= 0.3 is 5.97 Å². The summed E-state index contributed by atoms with van der Waals surface area (Å²) in [5.41, 5.74) is 10.4. The topological polar surface area (TPSA) is 68.2 Å². The zero-order valence-corrected chi connectivity index (χ0v) is 14.8. The number of nitrogens with zero attached hydrogens (tertiary/aromatic N) is 1. The van der Waals surface area contributed by atoms with Crippen molar-refractivity contribution >= 4 is 16.9 Å². The summed E-state index contributed by atoms with van der Waals surface area (Å²) in [5.74, 6) is -0.565. The van der Waals surface area contributed by atoms with E-state index < -0.39 is 5.97 Å². The summed E-state index contributed by atoms with van der Waals surface area (Å²) >= 11 is 0. The molecule has 2 aromatic rings. The molecule has 0 amide bonds. The van der Waals surface area contributed by atoms with E-state index in [4.69, 9.17) is 5.73 Å². The van der Waals surface area contributed by atoms with Crippen LogP contribution in [0.4, 0.5) is 0 Å². The molecule has 1 aromatic heterocycles. The first-order valence-corrected chi connectivity index (χ1v) is 8.40. The molecule has 0 atom stereocenters. The van der Waals surface area contributed by atoms with E-state index in [1.54, 1.807) is 0 Å². The summed E-state index contributed by atoms with van der Waals surface area (Å²) in [6.07, 6.45) is 1.80. The van der Waals surface area contributed by atoms with Crippen molar-refractivity contribution in [3.8, 4) is 0 Å². The zero-order chi connectivity index (χ0) is 17.3. The van der Waals surface area contributed by atoms with Crippen molar-refractivity contribution in [1.29, 1.82) is 0 Å². The molecular formula is C19H28N2O2. The van der Waals surface area contributed by atoms with Crippen LogP contribution in [0.3, 0.4) is 0 Å². The molecule has 0 spiro atoms. The first kappa shape index (κ1) is 17.5. The van der Waals surface area contributed by atoms with E-state index in [9.17, 15) is 9.90 Å². The van der Waals surface area contributed by atoms with E-state index in [2.05, 4.69) is 45.3 Å². The quantitative estimate of drug-likeness (QED) is 0.837. The molecule has 0 fully saturated rings. The largest absolute Gasteiger partial charge is 0.478 e. The van der Waals surface area contributed by atoms with Gasteiger partial charge in [-0.2, -0.15) is 0 Å². The van der Waals surface area contributed by atoms with Crippen molar-refractivity contribution in [3.63, 3.8) is 0 Å². The van der Waals surface area contributed by atoms with Crippen LogP contribution >= 0.6 is 0 Å². The van der Waals surface area contributed by atoms with E-state index in [-0.39, 0.29) is 6.04 Å². The van der Waals surface area contributed by atoms with Crippen LogP contribution in [0, 0.1) is 6.92 Å². The third kappa shape index (κ3) is 3.13. The molecule has 1 aromatic carbocycles. The van der Waals surface area contributed by atoms with Crippen LogP contribution in [-0.4, -0.2) is 22.2 Å². The summed E-state index contributed by atoms with van der Waals surface area (Å²) in [5, 5.41) is 10.8.